The standard InChI is InChI=1S/C14H26N2O2/c1-9-3-6-13(15)12(7-9)14(17)16-10-4-5-11(8-10)18-2/h9-13H,3-8,15H2,1-2H3,(H,16,17). The molecule has 18 heavy (non-hydrogen) atoms. The van der Waals surface area contributed by atoms with Crippen LogP contribution in [0.3, 0.4) is 0 Å². The van der Waals surface area contributed by atoms with Gasteiger partial charge in [-0.2, -0.15) is 0 Å². The molecule has 4 heteroatoms. The highest BCUT2D eigenvalue weighted by atomic mass is 16.5. The van der Waals surface area contributed by atoms with Gasteiger partial charge in [0, 0.05) is 19.2 Å². The van der Waals surface area contributed by atoms with Crippen molar-refractivity contribution in [2.75, 3.05) is 7.11 Å². The minimum Gasteiger partial charge on any atom is -0.381 e. The van der Waals surface area contributed by atoms with Crippen molar-refractivity contribution in [3.8, 4) is 0 Å². The van der Waals surface area contributed by atoms with Crippen LogP contribution < -0.4 is 11.1 Å². The molecule has 0 aliphatic heterocycles. The lowest BCUT2D eigenvalue weighted by Gasteiger charge is -2.32. The molecule has 0 bridgehead atoms. The molecule has 2 fully saturated rings. The number of nitrogens with one attached hydrogen (secondary N) is 1. The molecule has 4 nitrogen and oxygen atoms in total. The molecule has 2 aliphatic carbocycles. The maximum absolute atomic E-state index is 12.3. The second kappa shape index (κ2) is 6.02. The van der Waals surface area contributed by atoms with E-state index in [-0.39, 0.29) is 23.9 Å². The number of nitrogens with two attached hydrogens (primary N) is 1. The van der Waals surface area contributed by atoms with Gasteiger partial charge in [-0.05, 0) is 44.4 Å². The lowest BCUT2D eigenvalue weighted by atomic mass is 9.78. The summed E-state index contributed by atoms with van der Waals surface area (Å²) in [6.07, 6.45) is 6.41. The second-order valence-electron chi connectivity index (χ2n) is 6.06. The molecule has 0 radical (unpaired) electrons. The zero-order valence-corrected chi connectivity index (χ0v) is 11.5. The van der Waals surface area contributed by atoms with Crippen molar-refractivity contribution in [1.29, 1.82) is 0 Å². The zero-order valence-electron chi connectivity index (χ0n) is 11.5. The lowest BCUT2D eigenvalue weighted by molar-refractivity contribution is -0.127. The van der Waals surface area contributed by atoms with Gasteiger partial charge in [-0.3, -0.25) is 4.79 Å². The molecule has 0 aromatic carbocycles. The van der Waals surface area contributed by atoms with Crippen molar-refractivity contribution in [2.45, 2.75) is 63.6 Å². The highest BCUT2D eigenvalue weighted by Gasteiger charge is 2.34. The van der Waals surface area contributed by atoms with Crippen molar-refractivity contribution in [2.24, 2.45) is 17.6 Å². The monoisotopic (exact) mass is 254 g/mol. The van der Waals surface area contributed by atoms with Crippen LogP contribution in [0.15, 0.2) is 0 Å². The summed E-state index contributed by atoms with van der Waals surface area (Å²) in [6, 6.07) is 0.327. The number of hydrogen-bond acceptors (Lipinski definition) is 3. The van der Waals surface area contributed by atoms with E-state index in [4.69, 9.17) is 10.5 Å². The van der Waals surface area contributed by atoms with Gasteiger partial charge in [-0.25, -0.2) is 0 Å². The summed E-state index contributed by atoms with van der Waals surface area (Å²) in [6.45, 7) is 2.21. The summed E-state index contributed by atoms with van der Waals surface area (Å²) in [5.41, 5.74) is 6.08. The van der Waals surface area contributed by atoms with Crippen molar-refractivity contribution < 1.29 is 9.53 Å². The molecule has 2 aliphatic rings. The van der Waals surface area contributed by atoms with Gasteiger partial charge < -0.3 is 15.8 Å². The molecule has 3 N–H and O–H groups in total. The number of amides is 1. The maximum atomic E-state index is 12.3. The third-order valence-electron chi connectivity index (χ3n) is 4.57. The highest BCUT2D eigenvalue weighted by Crippen LogP contribution is 2.29. The van der Waals surface area contributed by atoms with E-state index < -0.39 is 0 Å². The molecule has 5 unspecified atom stereocenters. The van der Waals surface area contributed by atoms with Crippen LogP contribution in [-0.4, -0.2) is 31.2 Å². The van der Waals surface area contributed by atoms with Crippen molar-refractivity contribution in [3.05, 3.63) is 0 Å². The van der Waals surface area contributed by atoms with Crippen LogP contribution in [0.5, 0.6) is 0 Å². The molecular formula is C14H26N2O2. The molecule has 0 heterocycles. The van der Waals surface area contributed by atoms with Crippen LogP contribution in [0.4, 0.5) is 0 Å². The van der Waals surface area contributed by atoms with E-state index in [0.717, 1.165) is 38.5 Å². The van der Waals surface area contributed by atoms with E-state index in [1.807, 2.05) is 0 Å². The molecule has 0 aromatic heterocycles. The summed E-state index contributed by atoms with van der Waals surface area (Å²) < 4.78 is 5.33. The second-order valence-corrected chi connectivity index (χ2v) is 6.06. The Kier molecular flexibility index (Phi) is 4.62. The first kappa shape index (κ1) is 13.8. The SMILES string of the molecule is COC1CCC(NC(=O)C2CC(C)CCC2N)C1. The topological polar surface area (TPSA) is 64.3 Å². The van der Waals surface area contributed by atoms with E-state index in [1.54, 1.807) is 7.11 Å². The van der Waals surface area contributed by atoms with Gasteiger partial charge in [-0.1, -0.05) is 6.92 Å². The van der Waals surface area contributed by atoms with Gasteiger partial charge in [0.2, 0.25) is 5.91 Å². The molecule has 1 amide bonds. The summed E-state index contributed by atoms with van der Waals surface area (Å²) in [7, 11) is 1.74. The van der Waals surface area contributed by atoms with Crippen LogP contribution in [0.2, 0.25) is 0 Å². The Labute approximate surface area is 110 Å². The Bertz CT molecular complexity index is 296. The fourth-order valence-electron chi connectivity index (χ4n) is 3.30. The Morgan fingerprint density at radius 2 is 2.00 bits per heavy atom. The maximum Gasteiger partial charge on any atom is 0.224 e. The number of carbonyl (C=O) groups is 1. The van der Waals surface area contributed by atoms with E-state index in [9.17, 15) is 4.79 Å². The largest absolute Gasteiger partial charge is 0.381 e. The molecular weight excluding hydrogens is 228 g/mol. The van der Waals surface area contributed by atoms with Crippen molar-refractivity contribution in [1.82, 2.24) is 5.32 Å². The number of ether oxygens (including phenoxy) is 1. The van der Waals surface area contributed by atoms with Gasteiger partial charge >= 0.3 is 0 Å². The van der Waals surface area contributed by atoms with Crippen LogP contribution in [0, 0.1) is 11.8 Å². The van der Waals surface area contributed by atoms with Gasteiger partial charge in [0.1, 0.15) is 0 Å². The van der Waals surface area contributed by atoms with E-state index in [0.29, 0.717) is 12.0 Å². The molecule has 0 aromatic rings. The summed E-state index contributed by atoms with van der Waals surface area (Å²) in [4.78, 5) is 12.3. The van der Waals surface area contributed by atoms with E-state index >= 15 is 0 Å². The van der Waals surface area contributed by atoms with Gasteiger partial charge in [0.25, 0.3) is 0 Å². The van der Waals surface area contributed by atoms with Gasteiger partial charge in [0.05, 0.1) is 12.0 Å². The fourth-order valence-corrected chi connectivity index (χ4v) is 3.30. The minimum atomic E-state index is 0.00958. The van der Waals surface area contributed by atoms with Gasteiger partial charge in [0.15, 0.2) is 0 Å². The van der Waals surface area contributed by atoms with Crippen molar-refractivity contribution in [3.63, 3.8) is 0 Å². The average molecular weight is 254 g/mol. The molecule has 104 valence electrons. The Hall–Kier alpha value is -0.610. The summed E-state index contributed by atoms with van der Waals surface area (Å²) >= 11 is 0. The van der Waals surface area contributed by atoms with Crippen LogP contribution >= 0.6 is 0 Å². The fraction of sp³-hybridized carbons (Fsp3) is 0.929. The van der Waals surface area contributed by atoms with Crippen LogP contribution in [0.1, 0.15) is 45.4 Å². The first-order valence-electron chi connectivity index (χ1n) is 7.19. The van der Waals surface area contributed by atoms with E-state index in [2.05, 4.69) is 12.2 Å². The lowest BCUT2D eigenvalue weighted by Crippen LogP contribution is -2.47. The first-order chi connectivity index (χ1) is 8.60. The Balaban J connectivity index is 1.83. The summed E-state index contributed by atoms with van der Waals surface area (Å²) in [5.74, 6) is 0.794. The molecule has 5 atom stereocenters. The third kappa shape index (κ3) is 3.23. The van der Waals surface area contributed by atoms with Gasteiger partial charge in [-0.15, -0.1) is 0 Å². The zero-order chi connectivity index (χ0) is 13.1. The van der Waals surface area contributed by atoms with Crippen LogP contribution in [0.25, 0.3) is 0 Å². The Morgan fingerprint density at radius 1 is 1.22 bits per heavy atom. The smallest absolute Gasteiger partial charge is 0.224 e. The molecule has 2 rings (SSSR count). The number of carbonyl (C=O) groups excluding carboxylic acids is 1. The molecule has 2 saturated carbocycles. The number of hydrogen-bond donors (Lipinski definition) is 2. The quantitative estimate of drug-likeness (QED) is 0.801. The van der Waals surface area contributed by atoms with Crippen molar-refractivity contribution >= 4 is 5.91 Å². The Morgan fingerprint density at radius 3 is 2.67 bits per heavy atom. The predicted molar refractivity (Wildman–Crippen MR) is 71.1 cm³/mol. The number of methoxy groups -OCH3 is 1. The van der Waals surface area contributed by atoms with Crippen LogP contribution in [-0.2, 0) is 9.53 Å². The minimum absolute atomic E-state index is 0.00958. The normalized spacial score (nSPS) is 40.7. The number of rotatable bonds is 3. The average Bonchev–Trinajstić information content (AvgIpc) is 2.80. The molecule has 0 saturated heterocycles. The molecule has 0 spiro atoms. The predicted octanol–water partition coefficient (Wildman–Crippen LogP) is 1.43. The third-order valence-corrected chi connectivity index (χ3v) is 4.57. The first-order valence-corrected chi connectivity index (χ1v) is 7.19. The highest BCUT2D eigenvalue weighted by molar-refractivity contribution is 5.79. The summed E-state index contributed by atoms with van der Waals surface area (Å²) in [5, 5.41) is 3.16. The van der Waals surface area contributed by atoms with E-state index in [1.165, 1.54) is 0 Å².